The lowest BCUT2D eigenvalue weighted by Crippen LogP contribution is -2.23. The van der Waals surface area contributed by atoms with Crippen molar-refractivity contribution in [1.82, 2.24) is 10.2 Å². The fourth-order valence-electron chi connectivity index (χ4n) is 2.43. The number of benzene rings is 1. The summed E-state index contributed by atoms with van der Waals surface area (Å²) < 4.78 is 0.797. The summed E-state index contributed by atoms with van der Waals surface area (Å²) in [7, 11) is 0. The minimum absolute atomic E-state index is 0.0213. The number of anilines is 2. The maximum atomic E-state index is 12.5. The van der Waals surface area contributed by atoms with E-state index in [0.717, 1.165) is 32.8 Å². The lowest BCUT2D eigenvalue weighted by atomic mass is 10.1. The van der Waals surface area contributed by atoms with Crippen molar-refractivity contribution in [3.05, 3.63) is 28.8 Å². The number of aromatic nitrogens is 2. The molecule has 0 fully saturated rings. The Labute approximate surface area is 158 Å². The Kier molecular flexibility index (Phi) is 6.84. The predicted molar refractivity (Wildman–Crippen MR) is 108 cm³/mol. The zero-order valence-electron chi connectivity index (χ0n) is 15.6. The molecule has 1 aromatic carbocycles. The molecule has 5 nitrogen and oxygen atoms in total. The second kappa shape index (κ2) is 8.67. The van der Waals surface area contributed by atoms with Gasteiger partial charge in [-0.3, -0.25) is 4.79 Å². The number of nitrogens with zero attached hydrogens (tertiary/aromatic N) is 2. The minimum atomic E-state index is -0.244. The quantitative estimate of drug-likeness (QED) is 0.687. The fourth-order valence-corrected chi connectivity index (χ4v) is 4.33. The summed E-state index contributed by atoms with van der Waals surface area (Å²) in [5.41, 5.74) is 4.27. The third-order valence-corrected chi connectivity index (χ3v) is 5.71. The van der Waals surface area contributed by atoms with E-state index in [1.807, 2.05) is 20.8 Å². The lowest BCUT2D eigenvalue weighted by molar-refractivity contribution is -0.115. The van der Waals surface area contributed by atoms with Crippen LogP contribution in [-0.2, 0) is 4.79 Å². The molecule has 2 rings (SSSR count). The van der Waals surface area contributed by atoms with Crippen LogP contribution in [0.15, 0.2) is 16.5 Å². The van der Waals surface area contributed by atoms with E-state index >= 15 is 0 Å². The number of thioether (sulfide) groups is 1. The Bertz CT molecular complexity index is 719. The summed E-state index contributed by atoms with van der Waals surface area (Å²) in [6, 6.07) is 4.16. The van der Waals surface area contributed by atoms with Crippen LogP contribution in [0.4, 0.5) is 10.8 Å². The van der Waals surface area contributed by atoms with Gasteiger partial charge in [0.05, 0.1) is 5.25 Å². The molecule has 136 valence electrons. The minimum Gasteiger partial charge on any atom is -0.360 e. The number of rotatable bonds is 7. The number of carbonyl (C=O) groups is 1. The number of hydrogen-bond donors (Lipinski definition) is 2. The number of nitrogens with one attached hydrogen (secondary N) is 2. The summed E-state index contributed by atoms with van der Waals surface area (Å²) in [6.45, 7) is 13.1. The van der Waals surface area contributed by atoms with Crippen molar-refractivity contribution in [2.24, 2.45) is 5.92 Å². The van der Waals surface area contributed by atoms with E-state index in [1.165, 1.54) is 28.7 Å². The van der Waals surface area contributed by atoms with Crippen LogP contribution in [0.2, 0.25) is 0 Å². The zero-order valence-corrected chi connectivity index (χ0v) is 17.3. The highest BCUT2D eigenvalue weighted by atomic mass is 32.2. The van der Waals surface area contributed by atoms with Crippen molar-refractivity contribution in [1.29, 1.82) is 0 Å². The fraction of sp³-hybridized carbons (Fsp3) is 0.500. The van der Waals surface area contributed by atoms with E-state index in [9.17, 15) is 4.79 Å². The highest BCUT2D eigenvalue weighted by molar-refractivity contribution is 8.02. The van der Waals surface area contributed by atoms with Gasteiger partial charge in [0.2, 0.25) is 11.0 Å². The highest BCUT2D eigenvalue weighted by Gasteiger charge is 2.19. The molecule has 0 saturated heterocycles. The van der Waals surface area contributed by atoms with Crippen LogP contribution in [0.25, 0.3) is 0 Å². The van der Waals surface area contributed by atoms with E-state index in [0.29, 0.717) is 5.92 Å². The smallest absolute Gasteiger partial charge is 0.237 e. The molecule has 0 spiro atoms. The van der Waals surface area contributed by atoms with Gasteiger partial charge in [0, 0.05) is 12.2 Å². The molecule has 1 aromatic heterocycles. The van der Waals surface area contributed by atoms with Crippen LogP contribution in [0.5, 0.6) is 0 Å². The summed E-state index contributed by atoms with van der Waals surface area (Å²) >= 11 is 2.92. The molecule has 1 atom stereocenters. The van der Waals surface area contributed by atoms with Gasteiger partial charge in [0.25, 0.3) is 0 Å². The molecule has 0 aliphatic heterocycles. The van der Waals surface area contributed by atoms with E-state index in [-0.39, 0.29) is 11.2 Å². The molecule has 2 aromatic rings. The predicted octanol–water partition coefficient (Wildman–Crippen LogP) is 4.65. The number of aryl methyl sites for hydroxylation is 3. The molecule has 7 heteroatoms. The van der Waals surface area contributed by atoms with Crippen molar-refractivity contribution in [3.63, 3.8) is 0 Å². The molecule has 1 heterocycles. The normalized spacial score (nSPS) is 12.3. The molecule has 0 aliphatic carbocycles. The summed E-state index contributed by atoms with van der Waals surface area (Å²) in [5.74, 6) is 0.526. The Morgan fingerprint density at radius 2 is 1.80 bits per heavy atom. The van der Waals surface area contributed by atoms with Crippen LogP contribution in [-0.4, -0.2) is 27.9 Å². The number of carbonyl (C=O) groups excluding carboxylic acids is 1. The van der Waals surface area contributed by atoms with Gasteiger partial charge in [-0.1, -0.05) is 54.6 Å². The van der Waals surface area contributed by atoms with E-state index in [1.54, 1.807) is 0 Å². The maximum Gasteiger partial charge on any atom is 0.237 e. The molecule has 0 bridgehead atoms. The van der Waals surface area contributed by atoms with Gasteiger partial charge in [-0.15, -0.1) is 10.2 Å². The molecule has 1 unspecified atom stereocenters. The lowest BCUT2D eigenvalue weighted by Gasteiger charge is -2.15. The molecule has 0 radical (unpaired) electrons. The average Bonchev–Trinajstić information content (AvgIpc) is 2.96. The van der Waals surface area contributed by atoms with Crippen molar-refractivity contribution in [2.45, 2.75) is 51.1 Å². The molecule has 25 heavy (non-hydrogen) atoms. The van der Waals surface area contributed by atoms with Crippen LogP contribution < -0.4 is 10.6 Å². The van der Waals surface area contributed by atoms with Crippen LogP contribution in [0.3, 0.4) is 0 Å². The number of amides is 1. The highest BCUT2D eigenvalue weighted by Crippen LogP contribution is 2.30. The van der Waals surface area contributed by atoms with Crippen molar-refractivity contribution < 1.29 is 4.79 Å². The Morgan fingerprint density at radius 1 is 1.16 bits per heavy atom. The largest absolute Gasteiger partial charge is 0.360 e. The van der Waals surface area contributed by atoms with Crippen molar-refractivity contribution in [2.75, 3.05) is 17.2 Å². The molecule has 0 saturated carbocycles. The standard InChI is InChI=1S/C18H26N4OS2/c1-10(2)9-19-17-21-22-18(25-17)24-14(6)16(23)20-15-12(4)7-11(3)8-13(15)5/h7-8,10,14H,9H2,1-6H3,(H,19,21)(H,20,23). The molecule has 2 N–H and O–H groups in total. The van der Waals surface area contributed by atoms with E-state index < -0.39 is 0 Å². The van der Waals surface area contributed by atoms with Gasteiger partial charge in [0.15, 0.2) is 4.34 Å². The zero-order chi connectivity index (χ0) is 18.6. The Balaban J connectivity index is 1.97. The second-order valence-electron chi connectivity index (χ2n) is 6.67. The number of hydrogen-bond acceptors (Lipinski definition) is 6. The first-order valence-electron chi connectivity index (χ1n) is 8.39. The summed E-state index contributed by atoms with van der Waals surface area (Å²) in [5, 5.41) is 15.2. The van der Waals surface area contributed by atoms with Gasteiger partial charge in [0.1, 0.15) is 0 Å². The van der Waals surface area contributed by atoms with Crippen molar-refractivity contribution >= 4 is 39.8 Å². The topological polar surface area (TPSA) is 66.9 Å². The SMILES string of the molecule is Cc1cc(C)c(NC(=O)C(C)Sc2nnc(NCC(C)C)s2)c(C)c1. The van der Waals surface area contributed by atoms with Gasteiger partial charge in [-0.25, -0.2) is 0 Å². The monoisotopic (exact) mass is 378 g/mol. The van der Waals surface area contributed by atoms with Gasteiger partial charge in [-0.05, 0) is 44.7 Å². The van der Waals surface area contributed by atoms with Crippen LogP contribution >= 0.6 is 23.1 Å². The first kappa shape index (κ1) is 19.7. The summed E-state index contributed by atoms with van der Waals surface area (Å²) in [6.07, 6.45) is 0. The second-order valence-corrected chi connectivity index (χ2v) is 9.24. The molecular formula is C18H26N4OS2. The third kappa shape index (κ3) is 5.71. The molecule has 0 aliphatic rings. The van der Waals surface area contributed by atoms with E-state index in [2.05, 4.69) is 53.7 Å². The van der Waals surface area contributed by atoms with Crippen LogP contribution in [0.1, 0.15) is 37.5 Å². The molecular weight excluding hydrogens is 352 g/mol. The molecule has 1 amide bonds. The Morgan fingerprint density at radius 3 is 2.40 bits per heavy atom. The third-order valence-electron chi connectivity index (χ3n) is 3.64. The maximum absolute atomic E-state index is 12.5. The van der Waals surface area contributed by atoms with Crippen LogP contribution in [0, 0.1) is 26.7 Å². The summed E-state index contributed by atoms with van der Waals surface area (Å²) in [4.78, 5) is 12.5. The van der Waals surface area contributed by atoms with Gasteiger partial charge >= 0.3 is 0 Å². The Hall–Kier alpha value is -1.60. The van der Waals surface area contributed by atoms with Crippen molar-refractivity contribution in [3.8, 4) is 0 Å². The van der Waals surface area contributed by atoms with Gasteiger partial charge in [-0.2, -0.15) is 0 Å². The van der Waals surface area contributed by atoms with Gasteiger partial charge < -0.3 is 10.6 Å². The average molecular weight is 379 g/mol. The van der Waals surface area contributed by atoms with E-state index in [4.69, 9.17) is 0 Å². The first-order chi connectivity index (χ1) is 11.8. The first-order valence-corrected chi connectivity index (χ1v) is 10.1.